The molecule has 0 aliphatic heterocycles. The highest BCUT2D eigenvalue weighted by Gasteiger charge is 2.19. The van der Waals surface area contributed by atoms with E-state index in [1.54, 1.807) is 0 Å². The fourth-order valence-corrected chi connectivity index (χ4v) is 6.98. The summed E-state index contributed by atoms with van der Waals surface area (Å²) in [7, 11) is 0. The number of rotatable bonds is 19. The van der Waals surface area contributed by atoms with Crippen LogP contribution in [0.2, 0.25) is 0 Å². The number of anilines is 6. The summed E-state index contributed by atoms with van der Waals surface area (Å²) in [4.78, 5) is 51.4. The molecule has 322 valence electrons. The van der Waals surface area contributed by atoms with Gasteiger partial charge in [-0.1, -0.05) is 87.0 Å². The molecule has 0 bridgehead atoms. The van der Waals surface area contributed by atoms with Gasteiger partial charge in [-0.3, -0.25) is 0 Å². The molecule has 0 aromatic heterocycles. The molecule has 0 aliphatic carbocycles. The van der Waals surface area contributed by atoms with Crippen LogP contribution < -0.4 is 9.80 Å². The molecular weight excluding hydrogens is 805 g/mol. The van der Waals surface area contributed by atoms with Crippen LogP contribution in [0.5, 0.6) is 0 Å². The van der Waals surface area contributed by atoms with Gasteiger partial charge < -0.3 is 28.7 Å². The van der Waals surface area contributed by atoms with E-state index in [4.69, 9.17) is 18.9 Å². The number of nitrogens with zero attached hydrogens (tertiary/aromatic N) is 2. The average molecular weight is 853 g/mol. The third-order valence-corrected chi connectivity index (χ3v) is 10.1. The first-order valence-corrected chi connectivity index (χ1v) is 20.3. The van der Waals surface area contributed by atoms with E-state index in [1.807, 2.05) is 97.1 Å². The summed E-state index contributed by atoms with van der Waals surface area (Å²) in [6.07, 6.45) is 4.55. The van der Waals surface area contributed by atoms with E-state index in [0.29, 0.717) is 0 Å². The first kappa shape index (κ1) is 45.3. The van der Waals surface area contributed by atoms with Crippen molar-refractivity contribution in [3.8, 4) is 11.1 Å². The van der Waals surface area contributed by atoms with Crippen molar-refractivity contribution >= 4 is 58.0 Å². The molecule has 0 fully saturated rings. The average Bonchev–Trinajstić information content (AvgIpc) is 3.32. The van der Waals surface area contributed by atoms with Crippen molar-refractivity contribution in [2.75, 3.05) is 9.80 Å². The molecule has 6 rings (SSSR count). The van der Waals surface area contributed by atoms with E-state index in [1.165, 1.54) is 0 Å². The summed E-state index contributed by atoms with van der Waals surface area (Å²) in [5, 5.41) is 0. The zero-order valence-corrected chi connectivity index (χ0v) is 35.8. The van der Waals surface area contributed by atoms with Gasteiger partial charge in [-0.2, -0.15) is 0 Å². The maximum atomic E-state index is 11.9. The Morgan fingerprint density at radius 2 is 0.688 bits per heavy atom. The second-order valence-electron chi connectivity index (χ2n) is 14.6. The van der Waals surface area contributed by atoms with Crippen LogP contribution in [-0.2, 0) is 64.6 Å². The van der Waals surface area contributed by atoms with Crippen LogP contribution in [0.15, 0.2) is 184 Å². The highest BCUT2D eigenvalue weighted by molar-refractivity contribution is 5.85. The molecule has 0 heterocycles. The van der Waals surface area contributed by atoms with Crippen LogP contribution in [0.3, 0.4) is 0 Å². The van der Waals surface area contributed by atoms with Gasteiger partial charge in [0.05, 0.1) is 0 Å². The summed E-state index contributed by atoms with van der Waals surface area (Å²) >= 11 is 0. The lowest BCUT2D eigenvalue weighted by atomic mass is 9.95. The molecule has 0 atom stereocenters. The van der Waals surface area contributed by atoms with E-state index in [2.05, 4.69) is 86.4 Å². The first-order chi connectivity index (χ1) is 31.0. The largest absolute Gasteiger partial charge is 0.458 e. The van der Waals surface area contributed by atoms with Crippen molar-refractivity contribution in [1.82, 2.24) is 0 Å². The monoisotopic (exact) mass is 852 g/mol. The molecule has 6 aromatic rings. The molecule has 64 heavy (non-hydrogen) atoms. The van der Waals surface area contributed by atoms with Gasteiger partial charge in [-0.05, 0) is 131 Å². The van der Waals surface area contributed by atoms with Gasteiger partial charge in [0.1, 0.15) is 26.4 Å². The van der Waals surface area contributed by atoms with Crippen molar-refractivity contribution in [2.45, 2.75) is 40.3 Å². The standard InChI is InChI=1S/C54H48N2O8/c1-7-51(57)61-33-39-17-21-43(22-18-39)55(45-15-11-13-41(31-45)35-63-53(59)9-3)47-25-27-49(37(5)29-47)50-28-26-48(30-38(50)6)56(44-23-19-40(20-24-44)34-62-52(58)8-2)46-16-12-14-42(32-46)36-64-54(60)10-4/h7-32H,1-4,33-36H2,5-6H3. The van der Waals surface area contributed by atoms with Crippen LogP contribution in [0, 0.1) is 13.8 Å². The number of hydrogen-bond donors (Lipinski definition) is 0. The van der Waals surface area contributed by atoms with Crippen molar-refractivity contribution in [3.63, 3.8) is 0 Å². The highest BCUT2D eigenvalue weighted by atomic mass is 16.5. The predicted octanol–water partition coefficient (Wildman–Crippen LogP) is 11.8. The van der Waals surface area contributed by atoms with Crippen LogP contribution in [0.1, 0.15) is 33.4 Å². The van der Waals surface area contributed by atoms with Crippen molar-refractivity contribution in [1.29, 1.82) is 0 Å². The Morgan fingerprint density at radius 3 is 1.00 bits per heavy atom. The van der Waals surface area contributed by atoms with E-state index in [0.717, 1.165) is 103 Å². The fraction of sp³-hybridized carbons (Fsp3) is 0.111. The van der Waals surface area contributed by atoms with Crippen LogP contribution in [0.4, 0.5) is 34.1 Å². The molecule has 10 heteroatoms. The van der Waals surface area contributed by atoms with Crippen molar-refractivity contribution in [2.24, 2.45) is 0 Å². The highest BCUT2D eigenvalue weighted by Crippen LogP contribution is 2.41. The van der Waals surface area contributed by atoms with Crippen molar-refractivity contribution < 1.29 is 38.1 Å². The number of carbonyl (C=O) groups excluding carboxylic acids is 4. The van der Waals surface area contributed by atoms with Crippen LogP contribution in [0.25, 0.3) is 11.1 Å². The molecule has 0 N–H and O–H groups in total. The lowest BCUT2D eigenvalue weighted by Gasteiger charge is -2.28. The zero-order valence-electron chi connectivity index (χ0n) is 35.8. The Kier molecular flexibility index (Phi) is 15.2. The summed E-state index contributed by atoms with van der Waals surface area (Å²) in [6, 6.07) is 43.7. The number of ether oxygens (including phenoxy) is 4. The Morgan fingerprint density at radius 1 is 0.391 bits per heavy atom. The second-order valence-corrected chi connectivity index (χ2v) is 14.6. The lowest BCUT2D eigenvalue weighted by Crippen LogP contribution is -2.12. The Hall–Kier alpha value is -8.24. The van der Waals surface area contributed by atoms with E-state index in [9.17, 15) is 19.2 Å². The molecule has 0 unspecified atom stereocenters. The van der Waals surface area contributed by atoms with Gasteiger partial charge in [-0.15, -0.1) is 0 Å². The topological polar surface area (TPSA) is 112 Å². The SMILES string of the molecule is C=CC(=O)OCc1ccc(N(c2cccc(COC(=O)C=C)c2)c2ccc(-c3ccc(N(c4ccc(COC(=O)C=C)cc4)c4cccc(COC(=O)C=C)c4)cc3C)c(C)c2)cc1. The van der Waals surface area contributed by atoms with Gasteiger partial charge in [0, 0.05) is 58.4 Å². The maximum Gasteiger partial charge on any atom is 0.330 e. The third kappa shape index (κ3) is 11.6. The number of hydrogen-bond acceptors (Lipinski definition) is 10. The molecule has 0 saturated heterocycles. The van der Waals surface area contributed by atoms with Gasteiger partial charge in [0.25, 0.3) is 0 Å². The molecule has 6 aromatic carbocycles. The molecule has 0 aliphatic rings. The summed E-state index contributed by atoms with van der Waals surface area (Å²) in [5.74, 6) is -2.00. The minimum Gasteiger partial charge on any atom is -0.458 e. The maximum absolute atomic E-state index is 11.9. The normalized spacial score (nSPS) is 10.5. The fourth-order valence-electron chi connectivity index (χ4n) is 6.98. The number of benzene rings is 6. The second kappa shape index (κ2) is 21.5. The van der Waals surface area contributed by atoms with Crippen molar-refractivity contribution in [3.05, 3.63) is 217 Å². The van der Waals surface area contributed by atoms with Gasteiger partial charge >= 0.3 is 23.9 Å². The number of carbonyl (C=O) groups is 4. The lowest BCUT2D eigenvalue weighted by molar-refractivity contribution is -0.139. The minimum absolute atomic E-state index is 0.0833. The zero-order chi connectivity index (χ0) is 45.6. The number of aryl methyl sites for hydroxylation is 2. The predicted molar refractivity (Wildman–Crippen MR) is 251 cm³/mol. The van der Waals surface area contributed by atoms with Gasteiger partial charge in [0.2, 0.25) is 0 Å². The number of esters is 4. The minimum atomic E-state index is -0.505. The van der Waals surface area contributed by atoms with Gasteiger partial charge in [0.15, 0.2) is 0 Å². The molecule has 10 nitrogen and oxygen atoms in total. The van der Waals surface area contributed by atoms with Crippen LogP contribution >= 0.6 is 0 Å². The summed E-state index contributed by atoms with van der Waals surface area (Å²) in [5.41, 5.74) is 12.6. The summed E-state index contributed by atoms with van der Waals surface area (Å²) in [6.45, 7) is 18.5. The Balaban J connectivity index is 1.35. The quantitative estimate of drug-likeness (QED) is 0.0443. The third-order valence-electron chi connectivity index (χ3n) is 10.1. The molecule has 0 spiro atoms. The Bertz CT molecular complexity index is 2520. The van der Waals surface area contributed by atoms with Crippen LogP contribution in [-0.4, -0.2) is 23.9 Å². The Labute approximate surface area is 373 Å². The van der Waals surface area contributed by atoms with E-state index >= 15 is 0 Å². The van der Waals surface area contributed by atoms with Gasteiger partial charge in [-0.25, -0.2) is 19.2 Å². The molecule has 0 radical (unpaired) electrons. The molecular formula is C54H48N2O8. The van der Waals surface area contributed by atoms with E-state index < -0.39 is 23.9 Å². The summed E-state index contributed by atoms with van der Waals surface area (Å²) < 4.78 is 21.2. The smallest absolute Gasteiger partial charge is 0.330 e. The van der Waals surface area contributed by atoms with E-state index in [-0.39, 0.29) is 26.4 Å². The first-order valence-electron chi connectivity index (χ1n) is 20.3. The molecule has 0 amide bonds. The molecule has 0 saturated carbocycles.